The maximum Gasteiger partial charge on any atom is 0.306 e. The molecule has 0 aliphatic rings. The fraction of sp³-hybridized carbons (Fsp3) is 0.913. The Morgan fingerprint density at radius 2 is 0.923 bits per heavy atom. The van der Waals surface area contributed by atoms with Gasteiger partial charge in [-0.25, -0.2) is 0 Å². The topological polar surface area (TPSA) is 95.9 Å². The van der Waals surface area contributed by atoms with Crippen LogP contribution in [0.3, 0.4) is 0 Å². The van der Waals surface area contributed by atoms with Gasteiger partial charge in [0.25, 0.3) is 0 Å². The van der Waals surface area contributed by atoms with E-state index in [2.05, 4.69) is 38.2 Å². The number of aliphatic hydroxyl groups excluding tert-OH is 2. The number of hydrogen-bond donors (Lipinski definition) is 3. The van der Waals surface area contributed by atoms with E-state index < -0.39 is 18.2 Å². The Labute approximate surface area is 323 Å². The first-order chi connectivity index (χ1) is 25.5. The normalized spacial score (nSPS) is 13.4. The molecule has 0 saturated heterocycles. The van der Waals surface area contributed by atoms with Gasteiger partial charge in [0.1, 0.15) is 6.10 Å². The van der Waals surface area contributed by atoms with E-state index in [1.807, 2.05) is 0 Å². The summed E-state index contributed by atoms with van der Waals surface area (Å²) in [5, 5.41) is 23.5. The van der Waals surface area contributed by atoms with Gasteiger partial charge in [0.2, 0.25) is 5.91 Å². The molecule has 6 heteroatoms. The fourth-order valence-electron chi connectivity index (χ4n) is 7.07. The van der Waals surface area contributed by atoms with Gasteiger partial charge in [-0.05, 0) is 51.4 Å². The van der Waals surface area contributed by atoms with Crippen molar-refractivity contribution < 1.29 is 24.5 Å². The molecule has 0 aromatic rings. The van der Waals surface area contributed by atoms with Crippen LogP contribution in [0, 0.1) is 0 Å². The molecule has 0 aliphatic heterocycles. The summed E-state index contributed by atoms with van der Waals surface area (Å²) >= 11 is 0. The summed E-state index contributed by atoms with van der Waals surface area (Å²) in [7, 11) is 0. The van der Waals surface area contributed by atoms with E-state index in [1.54, 1.807) is 0 Å². The molecular weight excluding hydrogens is 647 g/mol. The van der Waals surface area contributed by atoms with E-state index in [-0.39, 0.29) is 24.9 Å². The van der Waals surface area contributed by atoms with Crippen molar-refractivity contribution in [3.8, 4) is 0 Å². The molecule has 0 heterocycles. The molecule has 0 bridgehead atoms. The van der Waals surface area contributed by atoms with Crippen LogP contribution in [0.25, 0.3) is 0 Å². The van der Waals surface area contributed by atoms with Gasteiger partial charge in [-0.1, -0.05) is 193 Å². The minimum Gasteiger partial charge on any atom is -0.462 e. The zero-order valence-corrected chi connectivity index (χ0v) is 35.0. The predicted octanol–water partition coefficient (Wildman–Crippen LogP) is 13.0. The third-order valence-corrected chi connectivity index (χ3v) is 10.6. The summed E-state index contributed by atoms with van der Waals surface area (Å²) in [4.78, 5) is 25.8. The molecule has 0 spiro atoms. The highest BCUT2D eigenvalue weighted by Crippen LogP contribution is 2.17. The van der Waals surface area contributed by atoms with Crippen LogP contribution in [-0.2, 0) is 14.3 Å². The van der Waals surface area contributed by atoms with Crippen molar-refractivity contribution in [2.45, 2.75) is 264 Å². The average molecular weight is 736 g/mol. The molecule has 0 radical (unpaired) electrons. The number of esters is 1. The first-order valence-electron chi connectivity index (χ1n) is 22.9. The Bertz CT molecular complexity index is 787. The molecule has 0 rings (SSSR count). The molecule has 3 N–H and O–H groups in total. The summed E-state index contributed by atoms with van der Waals surface area (Å²) < 4.78 is 5.87. The minimum absolute atomic E-state index is 0.0804. The number of ether oxygens (including phenoxy) is 1. The highest BCUT2D eigenvalue weighted by molar-refractivity contribution is 5.77. The lowest BCUT2D eigenvalue weighted by atomic mass is 10.0. The second kappa shape index (κ2) is 40.8. The Morgan fingerprint density at radius 1 is 0.538 bits per heavy atom. The van der Waals surface area contributed by atoms with Gasteiger partial charge in [-0.15, -0.1) is 0 Å². The largest absolute Gasteiger partial charge is 0.462 e. The van der Waals surface area contributed by atoms with Crippen molar-refractivity contribution in [3.63, 3.8) is 0 Å². The van der Waals surface area contributed by atoms with Crippen molar-refractivity contribution in [1.82, 2.24) is 5.32 Å². The summed E-state index contributed by atoms with van der Waals surface area (Å²) in [5.41, 5.74) is 0. The van der Waals surface area contributed by atoms with Crippen molar-refractivity contribution >= 4 is 11.9 Å². The number of hydrogen-bond acceptors (Lipinski definition) is 5. The number of amides is 1. The van der Waals surface area contributed by atoms with Crippen molar-refractivity contribution in [2.75, 3.05) is 6.61 Å². The van der Waals surface area contributed by atoms with Crippen LogP contribution in [0.1, 0.15) is 245 Å². The van der Waals surface area contributed by atoms with Crippen molar-refractivity contribution in [1.29, 1.82) is 0 Å². The van der Waals surface area contributed by atoms with Gasteiger partial charge in [0, 0.05) is 6.42 Å². The Balaban J connectivity index is 4.38. The lowest BCUT2D eigenvalue weighted by Crippen LogP contribution is -2.46. The third kappa shape index (κ3) is 35.6. The monoisotopic (exact) mass is 736 g/mol. The molecule has 0 fully saturated rings. The molecule has 52 heavy (non-hydrogen) atoms. The van der Waals surface area contributed by atoms with Gasteiger partial charge in [0.05, 0.1) is 25.2 Å². The van der Waals surface area contributed by atoms with E-state index >= 15 is 0 Å². The smallest absolute Gasteiger partial charge is 0.306 e. The number of unbranched alkanes of at least 4 members (excludes halogenated alkanes) is 27. The zero-order valence-electron chi connectivity index (χ0n) is 35.0. The number of allylic oxidation sites excluding steroid dienone is 2. The van der Waals surface area contributed by atoms with Crippen LogP contribution in [-0.4, -0.2) is 46.9 Å². The van der Waals surface area contributed by atoms with Crippen molar-refractivity contribution in [2.24, 2.45) is 0 Å². The van der Waals surface area contributed by atoms with Crippen LogP contribution in [0.2, 0.25) is 0 Å². The van der Waals surface area contributed by atoms with Gasteiger partial charge in [-0.2, -0.15) is 0 Å². The standard InChI is InChI=1S/C46H89NO5/c1-4-7-10-13-16-18-19-20-21-22-23-24-25-27-30-33-36-39-46(51)52-42(37-34-31-28-15-12-9-6-3)40-45(50)47-43(41-48)44(49)38-35-32-29-26-17-14-11-8-5-2/h20-21,42-44,48-49H,4-19,22-41H2,1-3H3,(H,47,50)/b21-20+. The molecule has 1 amide bonds. The van der Waals surface area contributed by atoms with Gasteiger partial charge in [0.15, 0.2) is 0 Å². The minimum atomic E-state index is -0.779. The third-order valence-electron chi connectivity index (χ3n) is 10.6. The van der Waals surface area contributed by atoms with E-state index in [0.29, 0.717) is 19.3 Å². The first kappa shape index (κ1) is 50.6. The van der Waals surface area contributed by atoms with E-state index in [1.165, 1.54) is 148 Å². The van der Waals surface area contributed by atoms with Gasteiger partial charge in [-0.3, -0.25) is 9.59 Å². The van der Waals surface area contributed by atoms with E-state index in [4.69, 9.17) is 4.74 Å². The van der Waals surface area contributed by atoms with Crippen LogP contribution in [0.5, 0.6) is 0 Å². The summed E-state index contributed by atoms with van der Waals surface area (Å²) in [6.45, 7) is 6.42. The van der Waals surface area contributed by atoms with Crippen LogP contribution in [0.15, 0.2) is 12.2 Å². The highest BCUT2D eigenvalue weighted by atomic mass is 16.5. The van der Waals surface area contributed by atoms with Crippen LogP contribution >= 0.6 is 0 Å². The van der Waals surface area contributed by atoms with Crippen LogP contribution in [0.4, 0.5) is 0 Å². The van der Waals surface area contributed by atoms with Gasteiger partial charge < -0.3 is 20.3 Å². The molecule has 0 saturated carbocycles. The van der Waals surface area contributed by atoms with Crippen molar-refractivity contribution in [3.05, 3.63) is 12.2 Å². The summed E-state index contributed by atoms with van der Waals surface area (Å²) in [6.07, 6.45) is 42.9. The Morgan fingerprint density at radius 3 is 1.37 bits per heavy atom. The zero-order chi connectivity index (χ0) is 38.2. The molecule has 0 aliphatic carbocycles. The summed E-state index contributed by atoms with van der Waals surface area (Å²) in [6, 6.07) is -0.692. The predicted molar refractivity (Wildman–Crippen MR) is 223 cm³/mol. The lowest BCUT2D eigenvalue weighted by molar-refractivity contribution is -0.151. The molecular formula is C46H89NO5. The number of carbonyl (C=O) groups excluding carboxylic acids is 2. The Hall–Kier alpha value is -1.40. The molecule has 3 atom stereocenters. The number of aliphatic hydroxyl groups is 2. The molecule has 0 aromatic heterocycles. The maximum atomic E-state index is 13.0. The van der Waals surface area contributed by atoms with Gasteiger partial charge >= 0.3 is 5.97 Å². The fourth-order valence-corrected chi connectivity index (χ4v) is 7.07. The van der Waals surface area contributed by atoms with E-state index in [9.17, 15) is 19.8 Å². The highest BCUT2D eigenvalue weighted by Gasteiger charge is 2.24. The molecule has 308 valence electrons. The summed E-state index contributed by atoms with van der Waals surface area (Å²) in [5.74, 6) is -0.475. The maximum absolute atomic E-state index is 13.0. The van der Waals surface area contributed by atoms with Crippen LogP contribution < -0.4 is 5.32 Å². The quantitative estimate of drug-likeness (QED) is 0.0330. The molecule has 0 aromatic carbocycles. The number of nitrogens with one attached hydrogen (secondary N) is 1. The number of rotatable bonds is 41. The molecule has 3 unspecified atom stereocenters. The first-order valence-corrected chi connectivity index (χ1v) is 22.9. The lowest BCUT2D eigenvalue weighted by Gasteiger charge is -2.24. The molecule has 6 nitrogen and oxygen atoms in total. The SMILES string of the molecule is CCCCCCCC/C=C/CCCCCCCCCC(=O)OC(CCCCCCCCC)CC(=O)NC(CO)C(O)CCCCCCCCCCC. The Kier molecular flexibility index (Phi) is 39.7. The second-order valence-electron chi connectivity index (χ2n) is 15.8. The van der Waals surface area contributed by atoms with E-state index in [0.717, 1.165) is 51.4 Å². The number of carbonyl (C=O) groups is 2. The average Bonchev–Trinajstić information content (AvgIpc) is 3.13. The second-order valence-corrected chi connectivity index (χ2v) is 15.8.